The van der Waals surface area contributed by atoms with E-state index in [0.29, 0.717) is 70.9 Å². The van der Waals surface area contributed by atoms with Crippen molar-refractivity contribution in [2.45, 2.75) is 92.3 Å². The molecule has 1 saturated carbocycles. The van der Waals surface area contributed by atoms with Crippen molar-refractivity contribution < 1.29 is 28.7 Å². The van der Waals surface area contributed by atoms with Gasteiger partial charge in [0, 0.05) is 44.2 Å². The highest BCUT2D eigenvalue weighted by Gasteiger charge is 2.42. The molecule has 1 aromatic carbocycles. The van der Waals surface area contributed by atoms with E-state index in [9.17, 15) is 24.0 Å². The van der Waals surface area contributed by atoms with Crippen LogP contribution in [0.4, 0.5) is 0 Å². The lowest BCUT2D eigenvalue weighted by Gasteiger charge is -2.38. The van der Waals surface area contributed by atoms with Crippen LogP contribution in [0.5, 0.6) is 5.75 Å². The number of ether oxygens (including phenoxy) is 1. The lowest BCUT2D eigenvalue weighted by atomic mass is 9.80. The summed E-state index contributed by atoms with van der Waals surface area (Å²) < 4.78 is 6.32. The molecule has 0 aliphatic heterocycles. The van der Waals surface area contributed by atoms with Gasteiger partial charge in [-0.05, 0) is 70.0 Å². The van der Waals surface area contributed by atoms with Crippen molar-refractivity contribution in [2.24, 2.45) is 11.3 Å². The van der Waals surface area contributed by atoms with Gasteiger partial charge in [-0.25, -0.2) is 4.98 Å². The van der Waals surface area contributed by atoms with Gasteiger partial charge in [0.1, 0.15) is 30.4 Å². The molecule has 2 atom stereocenters. The third kappa shape index (κ3) is 12.5. The summed E-state index contributed by atoms with van der Waals surface area (Å²) in [6.45, 7) is 15.2. The maximum absolute atomic E-state index is 14.1. The predicted octanol–water partition coefficient (Wildman–Crippen LogP) is 4.09. The van der Waals surface area contributed by atoms with Crippen molar-refractivity contribution in [3.63, 3.8) is 0 Å². The van der Waals surface area contributed by atoms with Crippen LogP contribution in [0, 0.1) is 18.3 Å². The molecule has 0 radical (unpaired) electrons. The molecule has 1 aliphatic carbocycles. The lowest BCUT2D eigenvalue weighted by Crippen LogP contribution is -2.59. The second-order valence-corrected chi connectivity index (χ2v) is 15.0. The van der Waals surface area contributed by atoms with Crippen molar-refractivity contribution in [1.82, 2.24) is 30.3 Å². The number of benzene rings is 1. The van der Waals surface area contributed by atoms with Crippen LogP contribution in [0.15, 0.2) is 23.7 Å². The third-order valence-corrected chi connectivity index (χ3v) is 10.7. The number of hydrogen-bond acceptors (Lipinski definition) is 10. The van der Waals surface area contributed by atoms with Crippen LogP contribution >= 0.6 is 11.3 Å². The number of hydrogen-bond donors (Lipinski definition) is 2. The van der Waals surface area contributed by atoms with Gasteiger partial charge in [-0.1, -0.05) is 39.8 Å². The monoisotopic (exact) mass is 726 g/mol. The molecule has 282 valence electrons. The normalized spacial score (nSPS) is 14.2. The number of rotatable bonds is 24. The highest BCUT2D eigenvalue weighted by Crippen LogP contribution is 2.33. The maximum Gasteiger partial charge on any atom is 0.246 e. The van der Waals surface area contributed by atoms with Gasteiger partial charge in [0.25, 0.3) is 0 Å². The maximum atomic E-state index is 14.1. The number of nitrogens with zero attached hydrogens (tertiary/aromatic N) is 4. The quantitative estimate of drug-likeness (QED) is 0.121. The molecule has 13 heteroatoms. The van der Waals surface area contributed by atoms with Gasteiger partial charge in [0.2, 0.25) is 17.7 Å². The molecule has 3 rings (SSSR count). The highest BCUT2D eigenvalue weighted by atomic mass is 32.1. The zero-order valence-electron chi connectivity index (χ0n) is 31.5. The molecule has 51 heavy (non-hydrogen) atoms. The minimum atomic E-state index is -0.761. The average Bonchev–Trinajstić information content (AvgIpc) is 3.88. The topological polar surface area (TPSA) is 141 Å². The molecule has 2 aromatic rings. The molecule has 1 unspecified atom stereocenters. The van der Waals surface area contributed by atoms with E-state index in [0.717, 1.165) is 47.1 Å². The van der Waals surface area contributed by atoms with Crippen molar-refractivity contribution in [3.05, 3.63) is 35.0 Å². The largest absolute Gasteiger partial charge is 0.493 e. The number of aldehydes is 2. The summed E-state index contributed by atoms with van der Waals surface area (Å²) in [6.07, 6.45) is 5.44. The summed E-state index contributed by atoms with van der Waals surface area (Å²) in [5.41, 5.74) is 3.99. The summed E-state index contributed by atoms with van der Waals surface area (Å²) in [5.74, 6) is -0.0300. The second-order valence-electron chi connectivity index (χ2n) is 14.2. The zero-order valence-corrected chi connectivity index (χ0v) is 32.4. The number of carbonyl (C=O) groups excluding carboxylic acids is 5. The summed E-state index contributed by atoms with van der Waals surface area (Å²) in [7, 11) is 1.87. The Hall–Kier alpha value is -3.68. The second kappa shape index (κ2) is 20.4. The molecule has 0 bridgehead atoms. The molecule has 1 fully saturated rings. The van der Waals surface area contributed by atoms with E-state index in [1.807, 2.05) is 75.2 Å². The lowest BCUT2D eigenvalue weighted by molar-refractivity contribution is -0.145. The molecule has 12 nitrogen and oxygen atoms in total. The van der Waals surface area contributed by atoms with Crippen molar-refractivity contribution in [1.29, 1.82) is 0 Å². The first-order valence-corrected chi connectivity index (χ1v) is 19.1. The molecule has 0 saturated heterocycles. The zero-order chi connectivity index (χ0) is 37.6. The Kier molecular flexibility index (Phi) is 16.7. The molecule has 2 N–H and O–H groups in total. The summed E-state index contributed by atoms with van der Waals surface area (Å²) in [5, 5.41) is 6.06. The molecule has 1 aliphatic rings. The van der Waals surface area contributed by atoms with Gasteiger partial charge < -0.3 is 29.9 Å². The van der Waals surface area contributed by atoms with Crippen LogP contribution in [0.25, 0.3) is 10.4 Å². The first kappa shape index (κ1) is 41.7. The van der Waals surface area contributed by atoms with E-state index in [-0.39, 0.29) is 30.2 Å². The van der Waals surface area contributed by atoms with E-state index in [4.69, 9.17) is 4.74 Å². The highest BCUT2D eigenvalue weighted by molar-refractivity contribution is 7.13. The van der Waals surface area contributed by atoms with Crippen LogP contribution < -0.4 is 15.4 Å². The fraction of sp³-hybridized carbons (Fsp3) is 0.632. The number of carbonyl (C=O) groups is 5. The van der Waals surface area contributed by atoms with Gasteiger partial charge in [-0.2, -0.15) is 0 Å². The number of amides is 3. The SMILES string of the molecule is CCCN(C(=O)C(NC(=O)C1CC1)C(C)(C)CC)[C@@H](C)C(=O)NCc1ccc(-c2scnc2C)cc1OCCCN(CC=O)CCN(C)CC=O. The van der Waals surface area contributed by atoms with Gasteiger partial charge in [-0.3, -0.25) is 24.2 Å². The Balaban J connectivity index is 1.73. The Morgan fingerprint density at radius 2 is 1.80 bits per heavy atom. The van der Waals surface area contributed by atoms with Crippen molar-refractivity contribution in [3.8, 4) is 16.2 Å². The number of aromatic nitrogens is 1. The van der Waals surface area contributed by atoms with Crippen molar-refractivity contribution >= 4 is 41.6 Å². The fourth-order valence-electron chi connectivity index (χ4n) is 5.73. The van der Waals surface area contributed by atoms with Crippen LogP contribution in [-0.4, -0.2) is 115 Å². The molecular weight excluding hydrogens is 669 g/mol. The van der Waals surface area contributed by atoms with E-state index >= 15 is 0 Å². The van der Waals surface area contributed by atoms with Crippen LogP contribution in [0.3, 0.4) is 0 Å². The predicted molar refractivity (Wildman–Crippen MR) is 201 cm³/mol. The van der Waals surface area contributed by atoms with Gasteiger partial charge in [0.15, 0.2) is 0 Å². The Labute approximate surface area is 307 Å². The standard InChI is InChI=1S/C38H58N6O6S/c1-8-15-44(37(49)34(38(5,6)9-2)41-36(48)29-11-12-29)28(4)35(47)39-25-31-14-13-30(33-27(3)40-26-51-33)24-32(31)50-23-10-16-43(20-22-46)18-17-42(7)19-21-45/h13-14,21-22,24,26,28-29,34H,8-12,15-20,23,25H2,1-7H3,(H,39,47)(H,41,48)/t28-,34?/m0/s1. The number of nitrogens with one attached hydrogen (secondary N) is 2. The summed E-state index contributed by atoms with van der Waals surface area (Å²) in [4.78, 5) is 73.6. The van der Waals surface area contributed by atoms with Crippen LogP contribution in [0.1, 0.15) is 78.0 Å². The van der Waals surface area contributed by atoms with Gasteiger partial charge in [0.05, 0.1) is 35.8 Å². The molecule has 1 heterocycles. The minimum Gasteiger partial charge on any atom is -0.493 e. The van der Waals surface area contributed by atoms with E-state index in [1.54, 1.807) is 23.2 Å². The molecule has 0 spiro atoms. The molecule has 1 aromatic heterocycles. The van der Waals surface area contributed by atoms with Crippen LogP contribution in [-0.2, 0) is 30.5 Å². The van der Waals surface area contributed by atoms with Crippen molar-refractivity contribution in [2.75, 3.05) is 52.9 Å². The Bertz CT molecular complexity index is 1460. The van der Waals surface area contributed by atoms with Crippen LogP contribution in [0.2, 0.25) is 0 Å². The third-order valence-electron chi connectivity index (χ3n) is 9.69. The summed E-state index contributed by atoms with van der Waals surface area (Å²) >= 11 is 1.55. The smallest absolute Gasteiger partial charge is 0.246 e. The average molecular weight is 727 g/mol. The van der Waals surface area contributed by atoms with E-state index < -0.39 is 17.5 Å². The van der Waals surface area contributed by atoms with Gasteiger partial charge in [-0.15, -0.1) is 11.3 Å². The van der Waals surface area contributed by atoms with Gasteiger partial charge >= 0.3 is 0 Å². The summed E-state index contributed by atoms with van der Waals surface area (Å²) in [6, 6.07) is 4.41. The van der Waals surface area contributed by atoms with E-state index in [2.05, 4.69) is 15.6 Å². The number of aryl methyl sites for hydroxylation is 1. The minimum absolute atomic E-state index is 0.0346. The van der Waals surface area contributed by atoms with E-state index in [1.165, 1.54) is 0 Å². The number of likely N-dealkylation sites (N-methyl/N-ethyl adjacent to an activating group) is 1. The Morgan fingerprint density at radius 1 is 1.08 bits per heavy atom. The number of thiazole rings is 1. The fourth-order valence-corrected chi connectivity index (χ4v) is 6.53. The molecular formula is C38H58N6O6S. The first-order valence-electron chi connectivity index (χ1n) is 18.2. The first-order chi connectivity index (χ1) is 24.4. The Morgan fingerprint density at radius 3 is 2.41 bits per heavy atom. The molecule has 3 amide bonds.